The van der Waals surface area contributed by atoms with Crippen molar-refractivity contribution in [3.05, 3.63) is 52.9 Å². The zero-order valence-corrected chi connectivity index (χ0v) is 20.7. The van der Waals surface area contributed by atoms with Crippen LogP contribution in [-0.2, 0) is 22.3 Å². The number of hydrogen-bond donors (Lipinski definition) is 2. The Morgan fingerprint density at radius 2 is 2.03 bits per heavy atom. The van der Waals surface area contributed by atoms with Crippen LogP contribution in [0.15, 0.2) is 47.3 Å². The Kier molecular flexibility index (Phi) is 6.24. The molecule has 4 aromatic rings. The van der Waals surface area contributed by atoms with E-state index in [1.807, 2.05) is 0 Å². The Hall–Kier alpha value is -3.39. The highest BCUT2D eigenvalue weighted by Gasteiger charge is 2.36. The molecule has 2 amide bonds. The van der Waals surface area contributed by atoms with Gasteiger partial charge in [-0.1, -0.05) is 6.07 Å². The summed E-state index contributed by atoms with van der Waals surface area (Å²) < 4.78 is 42.1. The van der Waals surface area contributed by atoms with E-state index in [0.717, 1.165) is 12.1 Å². The summed E-state index contributed by atoms with van der Waals surface area (Å²) in [6, 6.07) is 8.28. The lowest BCUT2D eigenvalue weighted by Gasteiger charge is -2.23. The van der Waals surface area contributed by atoms with E-state index < -0.39 is 28.9 Å². The summed E-state index contributed by atoms with van der Waals surface area (Å²) in [7, 11) is 0. The number of thioether (sulfide) groups is 1. The van der Waals surface area contributed by atoms with E-state index >= 15 is 0 Å². The van der Waals surface area contributed by atoms with E-state index in [2.05, 4.69) is 36.2 Å². The number of carbonyl (C=O) groups excluding carboxylic acids is 2. The molecule has 0 radical (unpaired) electrons. The molecule has 1 aromatic carbocycles. The zero-order chi connectivity index (χ0) is 25.6. The van der Waals surface area contributed by atoms with Crippen molar-refractivity contribution >= 4 is 73.1 Å². The summed E-state index contributed by atoms with van der Waals surface area (Å²) in [6.45, 7) is 0.0846. The summed E-state index contributed by atoms with van der Waals surface area (Å²) in [5.74, 6) is 0.0982. The fraction of sp³-hybridized carbons (Fsp3) is 0.227. The van der Waals surface area contributed by atoms with Gasteiger partial charge in [0, 0.05) is 17.7 Å². The molecule has 186 valence electrons. The van der Waals surface area contributed by atoms with Gasteiger partial charge in [0.05, 0.1) is 16.5 Å². The SMILES string of the molecule is Nc1ncnc2c1c1cc(C(F)(F)F)ccc1n2CC(=O)N1CCS[C@H]1C(=O)Nc1cccc(Br)n1. The maximum absolute atomic E-state index is 13.4. The summed E-state index contributed by atoms with van der Waals surface area (Å²) in [6.07, 6.45) is -3.37. The highest BCUT2D eigenvalue weighted by atomic mass is 79.9. The number of carbonyl (C=O) groups is 2. The molecule has 0 unspecified atom stereocenters. The van der Waals surface area contributed by atoms with Crippen LogP contribution in [0.1, 0.15) is 5.56 Å². The number of hydrogen-bond acceptors (Lipinski definition) is 7. The first-order valence-electron chi connectivity index (χ1n) is 10.6. The number of benzene rings is 1. The number of rotatable bonds is 4. The third-order valence-corrected chi connectivity index (χ3v) is 7.34. The predicted molar refractivity (Wildman–Crippen MR) is 133 cm³/mol. The van der Waals surface area contributed by atoms with E-state index in [1.165, 1.54) is 33.6 Å². The number of pyridine rings is 1. The van der Waals surface area contributed by atoms with Gasteiger partial charge < -0.3 is 20.5 Å². The number of nitrogens with one attached hydrogen (secondary N) is 1. The molecule has 4 heterocycles. The first kappa shape index (κ1) is 24.3. The Morgan fingerprint density at radius 3 is 2.78 bits per heavy atom. The molecule has 5 rings (SSSR count). The maximum Gasteiger partial charge on any atom is 0.416 e. The fourth-order valence-electron chi connectivity index (χ4n) is 4.11. The molecule has 0 spiro atoms. The Bertz CT molecular complexity index is 1510. The van der Waals surface area contributed by atoms with Crippen LogP contribution in [0, 0.1) is 0 Å². The maximum atomic E-state index is 13.4. The number of nitrogens with zero attached hydrogens (tertiary/aromatic N) is 5. The van der Waals surface area contributed by atoms with Crippen LogP contribution in [0.4, 0.5) is 24.8 Å². The van der Waals surface area contributed by atoms with E-state index in [9.17, 15) is 22.8 Å². The Balaban J connectivity index is 1.47. The Labute approximate surface area is 214 Å². The second-order valence-electron chi connectivity index (χ2n) is 7.92. The third kappa shape index (κ3) is 4.46. The van der Waals surface area contributed by atoms with E-state index in [4.69, 9.17) is 5.73 Å². The van der Waals surface area contributed by atoms with E-state index in [1.54, 1.807) is 18.2 Å². The first-order chi connectivity index (χ1) is 17.1. The average Bonchev–Trinajstić information content (AvgIpc) is 3.43. The van der Waals surface area contributed by atoms with Gasteiger partial charge in [0.2, 0.25) is 5.91 Å². The van der Waals surface area contributed by atoms with Crippen LogP contribution in [0.25, 0.3) is 21.9 Å². The molecule has 3 N–H and O–H groups in total. The number of aromatic nitrogens is 4. The molecule has 1 aliphatic heterocycles. The lowest BCUT2D eigenvalue weighted by molar-refractivity contribution is -0.137. The second kappa shape index (κ2) is 9.24. The Morgan fingerprint density at radius 1 is 1.22 bits per heavy atom. The first-order valence-corrected chi connectivity index (χ1v) is 12.4. The molecular weight excluding hydrogens is 563 g/mol. The molecule has 14 heteroatoms. The van der Waals surface area contributed by atoms with Crippen LogP contribution in [-0.4, -0.2) is 53.9 Å². The topological polar surface area (TPSA) is 119 Å². The standard InChI is InChI=1S/C22H17BrF3N7O2S/c23-14-2-1-3-15(30-14)31-20(35)21-32(6-7-36-21)16(34)9-33-13-5-4-11(22(24,25)26)8-12(13)17-18(27)28-10-29-19(17)33/h1-5,8,10,21H,6-7,9H2,(H2,27,28,29)(H,30,31,35)/t21-/m0/s1. The molecule has 36 heavy (non-hydrogen) atoms. The predicted octanol–water partition coefficient (Wildman–Crippen LogP) is 3.88. The normalized spacial score (nSPS) is 16.1. The van der Waals surface area contributed by atoms with E-state index in [0.29, 0.717) is 28.2 Å². The second-order valence-corrected chi connectivity index (χ2v) is 9.92. The van der Waals surface area contributed by atoms with Crippen LogP contribution in [0.5, 0.6) is 0 Å². The van der Waals surface area contributed by atoms with Crippen LogP contribution < -0.4 is 11.1 Å². The average molecular weight is 580 g/mol. The van der Waals surface area contributed by atoms with Gasteiger partial charge in [-0.05, 0) is 46.3 Å². The third-order valence-electron chi connectivity index (χ3n) is 5.69. The van der Waals surface area contributed by atoms with Gasteiger partial charge in [-0.3, -0.25) is 9.59 Å². The summed E-state index contributed by atoms with van der Waals surface area (Å²) >= 11 is 4.56. The minimum absolute atomic E-state index is 0.00558. The molecule has 3 aromatic heterocycles. The molecule has 0 saturated carbocycles. The number of halogens is 4. The number of amides is 2. The summed E-state index contributed by atoms with van der Waals surface area (Å²) in [4.78, 5) is 40.0. The monoisotopic (exact) mass is 579 g/mol. The molecule has 0 bridgehead atoms. The van der Waals surface area contributed by atoms with Crippen molar-refractivity contribution in [2.45, 2.75) is 18.1 Å². The van der Waals surface area contributed by atoms with Crippen molar-refractivity contribution < 1.29 is 22.8 Å². The van der Waals surface area contributed by atoms with Gasteiger partial charge in [-0.2, -0.15) is 13.2 Å². The van der Waals surface area contributed by atoms with Crippen LogP contribution in [0.3, 0.4) is 0 Å². The number of nitrogen functional groups attached to an aromatic ring is 1. The van der Waals surface area contributed by atoms with Crippen LogP contribution in [0.2, 0.25) is 0 Å². The van der Waals surface area contributed by atoms with Gasteiger partial charge in [0.15, 0.2) is 5.37 Å². The molecule has 1 saturated heterocycles. The molecular formula is C22H17BrF3N7O2S. The fourth-order valence-corrected chi connectivity index (χ4v) is 5.59. The summed E-state index contributed by atoms with van der Waals surface area (Å²) in [5.41, 5.74) is 5.72. The van der Waals surface area contributed by atoms with Crippen molar-refractivity contribution in [1.29, 1.82) is 0 Å². The lowest BCUT2D eigenvalue weighted by atomic mass is 10.1. The van der Waals surface area contributed by atoms with Gasteiger partial charge in [0.25, 0.3) is 5.91 Å². The number of alkyl halides is 3. The molecule has 9 nitrogen and oxygen atoms in total. The lowest BCUT2D eigenvalue weighted by Crippen LogP contribution is -2.43. The number of nitrogens with two attached hydrogens (primary N) is 1. The zero-order valence-electron chi connectivity index (χ0n) is 18.3. The van der Waals surface area contributed by atoms with Crippen molar-refractivity contribution in [2.75, 3.05) is 23.3 Å². The largest absolute Gasteiger partial charge is 0.416 e. The minimum atomic E-state index is -4.56. The van der Waals surface area contributed by atoms with Crippen molar-refractivity contribution in [2.24, 2.45) is 0 Å². The van der Waals surface area contributed by atoms with Crippen molar-refractivity contribution in [1.82, 2.24) is 24.4 Å². The van der Waals surface area contributed by atoms with Gasteiger partial charge in [-0.25, -0.2) is 15.0 Å². The molecule has 1 fully saturated rings. The van der Waals surface area contributed by atoms with Crippen molar-refractivity contribution in [3.8, 4) is 0 Å². The number of fused-ring (bicyclic) bond motifs is 3. The smallest absolute Gasteiger partial charge is 0.383 e. The highest BCUT2D eigenvalue weighted by molar-refractivity contribution is 9.10. The molecule has 0 aliphatic carbocycles. The van der Waals surface area contributed by atoms with Gasteiger partial charge >= 0.3 is 6.18 Å². The summed E-state index contributed by atoms with van der Waals surface area (Å²) in [5, 5.41) is 2.35. The number of anilines is 2. The van der Waals surface area contributed by atoms with Gasteiger partial charge in [-0.15, -0.1) is 11.8 Å². The molecule has 1 aliphatic rings. The van der Waals surface area contributed by atoms with Crippen molar-refractivity contribution in [3.63, 3.8) is 0 Å². The van der Waals surface area contributed by atoms with Crippen LogP contribution >= 0.6 is 27.7 Å². The van der Waals surface area contributed by atoms with E-state index in [-0.39, 0.29) is 28.8 Å². The van der Waals surface area contributed by atoms with Gasteiger partial charge in [0.1, 0.15) is 34.8 Å². The quantitative estimate of drug-likeness (QED) is 0.352. The highest BCUT2D eigenvalue weighted by Crippen LogP contribution is 2.37. The molecule has 1 atom stereocenters. The minimum Gasteiger partial charge on any atom is -0.383 e.